The molecule has 0 amide bonds. The minimum Gasteiger partial charge on any atom is -0.465 e. The number of pyridine rings is 1. The van der Waals surface area contributed by atoms with Crippen LogP contribution in [0.3, 0.4) is 0 Å². The van der Waals surface area contributed by atoms with Gasteiger partial charge >= 0.3 is 12.1 Å². The molecule has 5 rings (SSSR count). The SMILES string of the molecule is COC(=O)c1ccc2c(c1)CC[C@@H]1[C@@H]2CC[C@]2(C)C(c3cncc(CC(F)(F)F)c3)=CC[C@@H]12. The number of hydrogen-bond acceptors (Lipinski definition) is 3. The highest BCUT2D eigenvalue weighted by Gasteiger charge is 2.52. The molecule has 4 atom stereocenters. The highest BCUT2D eigenvalue weighted by atomic mass is 19.4. The van der Waals surface area contributed by atoms with Crippen LogP contribution in [0.1, 0.15) is 71.1 Å². The zero-order chi connectivity index (χ0) is 23.4. The number of fused-ring (bicyclic) bond motifs is 5. The molecule has 0 bridgehead atoms. The van der Waals surface area contributed by atoms with Crippen molar-refractivity contribution in [3.63, 3.8) is 0 Å². The Labute approximate surface area is 192 Å². The van der Waals surface area contributed by atoms with E-state index in [0.29, 0.717) is 23.3 Å². The number of carbonyl (C=O) groups is 1. The van der Waals surface area contributed by atoms with E-state index in [0.717, 1.165) is 43.2 Å². The van der Waals surface area contributed by atoms with Crippen molar-refractivity contribution in [3.05, 3.63) is 70.6 Å². The number of aromatic nitrogens is 1. The number of nitrogens with zero attached hydrogens (tertiary/aromatic N) is 1. The minimum atomic E-state index is -4.24. The standard InChI is InChI=1S/C27H28F3NO2/c1-26-10-9-21-20-5-4-18(25(32)33-2)12-17(20)3-6-22(21)24(26)8-7-23(26)19-11-16(14-31-15-19)13-27(28,29)30/h4-5,7,11-12,14-15,21-22,24H,3,6,8-10,13H2,1-2H3/t21-,22-,24+,26-/m1/s1. The van der Waals surface area contributed by atoms with Gasteiger partial charge in [0.1, 0.15) is 0 Å². The van der Waals surface area contributed by atoms with Crippen LogP contribution in [-0.4, -0.2) is 24.2 Å². The molecule has 3 nitrogen and oxygen atoms in total. The first kappa shape index (κ1) is 22.2. The van der Waals surface area contributed by atoms with Crippen LogP contribution in [0.25, 0.3) is 5.57 Å². The highest BCUT2D eigenvalue weighted by molar-refractivity contribution is 5.89. The number of alkyl halides is 3. The second-order valence-electron chi connectivity index (χ2n) is 10.0. The summed E-state index contributed by atoms with van der Waals surface area (Å²) >= 11 is 0. The zero-order valence-corrected chi connectivity index (χ0v) is 18.9. The molecule has 3 aliphatic rings. The van der Waals surface area contributed by atoms with Gasteiger partial charge in [-0.15, -0.1) is 0 Å². The maximum atomic E-state index is 12.9. The van der Waals surface area contributed by atoms with Gasteiger partial charge in [0.05, 0.1) is 19.1 Å². The quantitative estimate of drug-likeness (QED) is 0.495. The topological polar surface area (TPSA) is 39.2 Å². The smallest absolute Gasteiger partial charge is 0.393 e. The molecule has 2 aromatic rings. The Balaban J connectivity index is 1.41. The van der Waals surface area contributed by atoms with Crippen molar-refractivity contribution in [2.45, 2.75) is 57.5 Å². The number of allylic oxidation sites excluding steroid dienone is 2. The van der Waals surface area contributed by atoms with E-state index in [-0.39, 0.29) is 16.9 Å². The Morgan fingerprint density at radius 1 is 1.21 bits per heavy atom. The van der Waals surface area contributed by atoms with Crippen LogP contribution in [0.2, 0.25) is 0 Å². The normalized spacial score (nSPS) is 28.4. The molecule has 6 heteroatoms. The van der Waals surface area contributed by atoms with E-state index in [1.54, 1.807) is 12.3 Å². The molecule has 0 N–H and O–H groups in total. The summed E-state index contributed by atoms with van der Waals surface area (Å²) in [6, 6.07) is 7.64. The molecular weight excluding hydrogens is 427 g/mol. The van der Waals surface area contributed by atoms with Gasteiger partial charge in [-0.1, -0.05) is 19.1 Å². The predicted octanol–water partition coefficient (Wildman–Crippen LogP) is 6.52. The Kier molecular flexibility index (Phi) is 5.37. The van der Waals surface area contributed by atoms with Crippen molar-refractivity contribution in [1.82, 2.24) is 4.98 Å². The van der Waals surface area contributed by atoms with E-state index >= 15 is 0 Å². The van der Waals surface area contributed by atoms with Gasteiger partial charge in [-0.25, -0.2) is 4.79 Å². The average molecular weight is 456 g/mol. The second-order valence-corrected chi connectivity index (χ2v) is 10.0. The van der Waals surface area contributed by atoms with Gasteiger partial charge in [-0.05, 0) is 101 Å². The molecule has 0 saturated heterocycles. The summed E-state index contributed by atoms with van der Waals surface area (Å²) in [7, 11) is 1.40. The van der Waals surface area contributed by atoms with E-state index < -0.39 is 12.6 Å². The van der Waals surface area contributed by atoms with Crippen LogP contribution in [0, 0.1) is 17.3 Å². The first-order chi connectivity index (χ1) is 15.7. The molecule has 1 heterocycles. The third kappa shape index (κ3) is 3.87. The lowest BCUT2D eigenvalue weighted by atomic mass is 9.54. The molecular formula is C27H28F3NO2. The summed E-state index contributed by atoms with van der Waals surface area (Å²) in [6.07, 6.45) is 5.08. The van der Waals surface area contributed by atoms with Crippen LogP contribution in [0.4, 0.5) is 13.2 Å². The molecule has 1 aromatic heterocycles. The summed E-state index contributed by atoms with van der Waals surface area (Å²) in [5.41, 5.74) is 5.36. The first-order valence-corrected chi connectivity index (χ1v) is 11.6. The molecule has 174 valence electrons. The lowest BCUT2D eigenvalue weighted by Gasteiger charge is -2.50. The van der Waals surface area contributed by atoms with Gasteiger partial charge in [0.15, 0.2) is 0 Å². The van der Waals surface area contributed by atoms with E-state index in [1.807, 2.05) is 12.1 Å². The van der Waals surface area contributed by atoms with E-state index in [4.69, 9.17) is 4.74 Å². The first-order valence-electron chi connectivity index (χ1n) is 11.6. The van der Waals surface area contributed by atoms with Gasteiger partial charge in [0, 0.05) is 12.4 Å². The number of carbonyl (C=O) groups excluding carboxylic acids is 1. The fourth-order valence-corrected chi connectivity index (χ4v) is 6.81. The van der Waals surface area contributed by atoms with Crippen LogP contribution < -0.4 is 0 Å². The average Bonchev–Trinajstić information content (AvgIpc) is 3.14. The summed E-state index contributed by atoms with van der Waals surface area (Å²) < 4.78 is 43.6. The molecule has 1 aromatic carbocycles. The highest BCUT2D eigenvalue weighted by Crippen LogP contribution is 2.63. The second kappa shape index (κ2) is 8.00. The van der Waals surface area contributed by atoms with Crippen molar-refractivity contribution in [1.29, 1.82) is 0 Å². The van der Waals surface area contributed by atoms with Gasteiger partial charge in [-0.3, -0.25) is 4.98 Å². The third-order valence-electron chi connectivity index (χ3n) is 8.24. The van der Waals surface area contributed by atoms with Gasteiger partial charge in [-0.2, -0.15) is 13.2 Å². The minimum absolute atomic E-state index is 0.0524. The van der Waals surface area contributed by atoms with Gasteiger partial charge < -0.3 is 4.74 Å². The maximum Gasteiger partial charge on any atom is 0.393 e. The molecule has 1 fully saturated rings. The number of esters is 1. The van der Waals surface area contributed by atoms with E-state index in [2.05, 4.69) is 24.1 Å². The Morgan fingerprint density at radius 2 is 2.03 bits per heavy atom. The van der Waals surface area contributed by atoms with E-state index in [1.165, 1.54) is 24.4 Å². The Morgan fingerprint density at radius 3 is 2.79 bits per heavy atom. The lowest BCUT2D eigenvalue weighted by molar-refractivity contribution is -0.127. The molecule has 0 radical (unpaired) electrons. The lowest BCUT2D eigenvalue weighted by Crippen LogP contribution is -2.41. The molecule has 0 spiro atoms. The molecule has 3 aliphatic carbocycles. The van der Waals surface area contributed by atoms with Gasteiger partial charge in [0.25, 0.3) is 0 Å². The summed E-state index contributed by atoms with van der Waals surface area (Å²) in [4.78, 5) is 16.1. The van der Waals surface area contributed by atoms with Crippen LogP contribution >= 0.6 is 0 Å². The number of methoxy groups -OCH3 is 1. The number of halogens is 3. The maximum absolute atomic E-state index is 12.9. The summed E-state index contributed by atoms with van der Waals surface area (Å²) in [5, 5.41) is 0. The molecule has 33 heavy (non-hydrogen) atoms. The predicted molar refractivity (Wildman–Crippen MR) is 120 cm³/mol. The Hall–Kier alpha value is -2.63. The van der Waals surface area contributed by atoms with Crippen molar-refractivity contribution in [2.75, 3.05) is 7.11 Å². The van der Waals surface area contributed by atoms with E-state index in [9.17, 15) is 18.0 Å². The largest absolute Gasteiger partial charge is 0.465 e. The van der Waals surface area contributed by atoms with Crippen molar-refractivity contribution in [3.8, 4) is 0 Å². The van der Waals surface area contributed by atoms with Crippen LogP contribution in [-0.2, 0) is 17.6 Å². The number of hydrogen-bond donors (Lipinski definition) is 0. The fourth-order valence-electron chi connectivity index (χ4n) is 6.81. The van der Waals surface area contributed by atoms with Gasteiger partial charge in [0.2, 0.25) is 0 Å². The number of aryl methyl sites for hydroxylation is 1. The third-order valence-corrected chi connectivity index (χ3v) is 8.24. The summed E-state index contributed by atoms with van der Waals surface area (Å²) in [5.74, 6) is 1.15. The molecule has 0 aliphatic heterocycles. The summed E-state index contributed by atoms with van der Waals surface area (Å²) in [6.45, 7) is 2.29. The number of benzene rings is 1. The van der Waals surface area contributed by atoms with Crippen molar-refractivity contribution in [2.24, 2.45) is 17.3 Å². The monoisotopic (exact) mass is 455 g/mol. The van der Waals surface area contributed by atoms with Crippen LogP contribution in [0.5, 0.6) is 0 Å². The van der Waals surface area contributed by atoms with Crippen molar-refractivity contribution < 1.29 is 22.7 Å². The zero-order valence-electron chi connectivity index (χ0n) is 18.9. The van der Waals surface area contributed by atoms with Crippen molar-refractivity contribution >= 4 is 11.5 Å². The number of ether oxygens (including phenoxy) is 1. The van der Waals surface area contributed by atoms with Crippen LogP contribution in [0.15, 0.2) is 42.7 Å². The Bertz CT molecular complexity index is 1120. The molecule has 1 saturated carbocycles. The molecule has 0 unspecified atom stereocenters. The fraction of sp³-hybridized carbons (Fsp3) is 0.481. The number of rotatable bonds is 3.